The van der Waals surface area contributed by atoms with E-state index < -0.39 is 6.61 Å². The number of aromatic nitrogens is 4. The Balaban J connectivity index is 1.33. The lowest BCUT2D eigenvalue weighted by Crippen LogP contribution is -2.39. The van der Waals surface area contributed by atoms with Crippen LogP contribution >= 0.6 is 0 Å². The zero-order valence-electron chi connectivity index (χ0n) is 20.0. The molecule has 4 aromatic rings. The monoisotopic (exact) mass is 495 g/mol. The molecule has 10 nitrogen and oxygen atoms in total. The Labute approximate surface area is 212 Å². The van der Waals surface area contributed by atoms with Crippen LogP contribution in [-0.4, -0.2) is 67.7 Å². The number of benzene rings is 1. The van der Waals surface area contributed by atoms with Gasteiger partial charge in [0.2, 0.25) is 5.91 Å². The van der Waals surface area contributed by atoms with Crippen molar-refractivity contribution in [3.8, 4) is 22.4 Å². The van der Waals surface area contributed by atoms with Crippen molar-refractivity contribution in [3.63, 3.8) is 0 Å². The first-order valence-electron chi connectivity index (χ1n) is 12.2. The van der Waals surface area contributed by atoms with Gasteiger partial charge in [-0.2, -0.15) is 9.61 Å². The highest BCUT2D eigenvalue weighted by atomic mass is 16.3. The quantitative estimate of drug-likeness (QED) is 0.406. The maximum absolute atomic E-state index is 12.0. The van der Waals surface area contributed by atoms with E-state index in [-0.39, 0.29) is 17.6 Å². The third-order valence-electron chi connectivity index (χ3n) is 7.23. The Hall–Kier alpha value is -4.44. The van der Waals surface area contributed by atoms with Crippen LogP contribution in [0.25, 0.3) is 28.0 Å². The van der Waals surface area contributed by atoms with Gasteiger partial charge in [-0.05, 0) is 36.6 Å². The van der Waals surface area contributed by atoms with Gasteiger partial charge in [-0.15, -0.1) is 0 Å². The van der Waals surface area contributed by atoms with Crippen LogP contribution in [0.1, 0.15) is 40.4 Å². The number of hydrogen-bond acceptors (Lipinski definition) is 8. The molecule has 1 saturated heterocycles. The van der Waals surface area contributed by atoms with E-state index in [1.54, 1.807) is 17.3 Å². The molecule has 0 unspecified atom stereocenters. The number of hydrogen-bond donors (Lipinski definition) is 2. The second-order valence-electron chi connectivity index (χ2n) is 9.31. The number of aliphatic imine (C=N–C) groups is 1. The molecule has 2 aliphatic heterocycles. The van der Waals surface area contributed by atoms with Crippen LogP contribution in [0.15, 0.2) is 47.7 Å². The number of nitrogen functional groups attached to an aromatic ring is 1. The number of nitrogens with two attached hydrogens (primary N) is 1. The summed E-state index contributed by atoms with van der Waals surface area (Å²) in [6, 6.07) is 10.1. The maximum atomic E-state index is 12.0. The number of aliphatic hydroxyl groups is 1. The van der Waals surface area contributed by atoms with Crippen LogP contribution in [0.4, 0.5) is 11.5 Å². The number of carbonyl (C=O) groups excluding carboxylic acids is 2. The largest absolute Gasteiger partial charge is 0.387 e. The van der Waals surface area contributed by atoms with Crippen LogP contribution in [-0.2, 0) is 11.2 Å². The molecule has 0 radical (unpaired) electrons. The second-order valence-corrected chi connectivity index (χ2v) is 9.31. The van der Waals surface area contributed by atoms with E-state index in [0.29, 0.717) is 42.8 Å². The van der Waals surface area contributed by atoms with E-state index in [4.69, 9.17) is 15.8 Å². The van der Waals surface area contributed by atoms with Crippen molar-refractivity contribution in [2.75, 3.05) is 25.4 Å². The van der Waals surface area contributed by atoms with Gasteiger partial charge < -0.3 is 15.7 Å². The number of amides is 1. The highest BCUT2D eigenvalue weighted by Crippen LogP contribution is 2.34. The molecule has 5 heterocycles. The molecule has 0 saturated carbocycles. The van der Waals surface area contributed by atoms with Crippen LogP contribution in [0, 0.1) is 0 Å². The highest BCUT2D eigenvalue weighted by molar-refractivity contribution is 5.87. The number of aliphatic hydroxyl groups excluding tert-OH is 1. The van der Waals surface area contributed by atoms with Crippen molar-refractivity contribution in [1.82, 2.24) is 24.5 Å². The lowest BCUT2D eigenvalue weighted by Gasteiger charge is -2.32. The van der Waals surface area contributed by atoms with E-state index >= 15 is 0 Å². The molecular weight excluding hydrogens is 470 g/mol. The summed E-state index contributed by atoms with van der Waals surface area (Å²) in [7, 11) is 0. The summed E-state index contributed by atoms with van der Waals surface area (Å²) in [6.07, 6.45) is 8.20. The lowest BCUT2D eigenvalue weighted by atomic mass is 9.90. The number of anilines is 1. The highest BCUT2D eigenvalue weighted by Gasteiger charge is 2.28. The topological polar surface area (TPSA) is 139 Å². The number of pyridine rings is 1. The van der Waals surface area contributed by atoms with E-state index in [1.165, 1.54) is 10.1 Å². The van der Waals surface area contributed by atoms with E-state index in [0.717, 1.165) is 40.8 Å². The van der Waals surface area contributed by atoms with Crippen molar-refractivity contribution in [1.29, 1.82) is 0 Å². The SMILES string of the molecule is Nc1c(C=O)c(C2CCN(C(=O)CO)CC2)nc2c(-c3ccc(-c4ccc5c(c4)CC=N5)nc3)cnn12. The summed E-state index contributed by atoms with van der Waals surface area (Å²) in [6.45, 7) is 0.469. The number of carbonyl (C=O) groups is 2. The number of nitrogens with zero attached hydrogens (tertiary/aromatic N) is 6. The minimum Gasteiger partial charge on any atom is -0.387 e. The van der Waals surface area contributed by atoms with Crippen LogP contribution < -0.4 is 5.73 Å². The van der Waals surface area contributed by atoms with Gasteiger partial charge in [0.25, 0.3) is 0 Å². The van der Waals surface area contributed by atoms with Gasteiger partial charge in [-0.25, -0.2) is 4.98 Å². The Kier molecular flexibility index (Phi) is 5.72. The van der Waals surface area contributed by atoms with Gasteiger partial charge in [0, 0.05) is 54.5 Å². The summed E-state index contributed by atoms with van der Waals surface area (Å²) in [5, 5.41) is 13.6. The molecule has 186 valence electrons. The van der Waals surface area contributed by atoms with Gasteiger partial charge in [0.15, 0.2) is 11.9 Å². The fourth-order valence-corrected chi connectivity index (χ4v) is 5.18. The number of fused-ring (bicyclic) bond motifs is 2. The van der Waals surface area contributed by atoms with E-state index in [1.807, 2.05) is 30.5 Å². The predicted octanol–water partition coefficient (Wildman–Crippen LogP) is 2.81. The van der Waals surface area contributed by atoms with Crippen molar-refractivity contribution in [2.24, 2.45) is 4.99 Å². The average Bonchev–Trinajstić information content (AvgIpc) is 3.59. The fourth-order valence-electron chi connectivity index (χ4n) is 5.18. The molecule has 2 aliphatic rings. The van der Waals surface area contributed by atoms with Crippen molar-refractivity contribution in [2.45, 2.75) is 25.2 Å². The molecule has 1 amide bonds. The first kappa shape index (κ1) is 23.0. The Morgan fingerprint density at radius 1 is 1.14 bits per heavy atom. The zero-order valence-corrected chi connectivity index (χ0v) is 20.0. The van der Waals surface area contributed by atoms with Crippen LogP contribution in [0.5, 0.6) is 0 Å². The molecule has 0 atom stereocenters. The molecule has 0 spiro atoms. The van der Waals surface area contributed by atoms with Gasteiger partial charge in [0.1, 0.15) is 12.4 Å². The lowest BCUT2D eigenvalue weighted by molar-refractivity contribution is -0.135. The Morgan fingerprint density at radius 3 is 2.68 bits per heavy atom. The van der Waals surface area contributed by atoms with Crippen LogP contribution in [0.3, 0.4) is 0 Å². The summed E-state index contributed by atoms with van der Waals surface area (Å²) in [4.78, 5) is 39.4. The summed E-state index contributed by atoms with van der Waals surface area (Å²) < 4.78 is 1.49. The van der Waals surface area contributed by atoms with Gasteiger partial charge >= 0.3 is 0 Å². The molecule has 1 fully saturated rings. The van der Waals surface area contributed by atoms with Crippen molar-refractivity contribution < 1.29 is 14.7 Å². The predicted molar refractivity (Wildman–Crippen MR) is 139 cm³/mol. The smallest absolute Gasteiger partial charge is 0.248 e. The minimum absolute atomic E-state index is 0.0396. The molecular formula is C27H25N7O3. The first-order chi connectivity index (χ1) is 18.1. The summed E-state index contributed by atoms with van der Waals surface area (Å²) in [5.41, 5.74) is 13.5. The normalized spacial score (nSPS) is 15.3. The van der Waals surface area contributed by atoms with E-state index in [2.05, 4.69) is 21.1 Å². The number of rotatable bonds is 5. The second kappa shape index (κ2) is 9.21. The van der Waals surface area contributed by atoms with Crippen LogP contribution in [0.2, 0.25) is 0 Å². The number of aldehydes is 1. The van der Waals surface area contributed by atoms with Gasteiger partial charge in [-0.3, -0.25) is 19.6 Å². The first-order valence-corrected chi connectivity index (χ1v) is 12.2. The summed E-state index contributed by atoms with van der Waals surface area (Å²) >= 11 is 0. The molecule has 10 heteroatoms. The standard InChI is InChI=1S/C27H25N7O3/c28-26-21(14-35)25(16-6-9-33(10-7-16)24(37)15-36)32-27-20(13-31-34(26)27)19-2-4-23(30-12-19)17-1-3-22-18(11-17)5-8-29-22/h1-4,8,11-14,16,36H,5-7,9-10,15,28H2. The Morgan fingerprint density at radius 2 is 1.95 bits per heavy atom. The Bertz CT molecular complexity index is 1550. The van der Waals surface area contributed by atoms with E-state index in [9.17, 15) is 9.59 Å². The third-order valence-corrected chi connectivity index (χ3v) is 7.23. The van der Waals surface area contributed by atoms with Gasteiger partial charge in [0.05, 0.1) is 28.8 Å². The average molecular weight is 496 g/mol. The van der Waals surface area contributed by atoms with Crippen molar-refractivity contribution in [3.05, 3.63) is 59.5 Å². The molecule has 0 aliphatic carbocycles. The minimum atomic E-state index is -0.506. The fraction of sp³-hybridized carbons (Fsp3) is 0.259. The molecule has 0 bridgehead atoms. The number of likely N-dealkylation sites (tertiary alicyclic amines) is 1. The van der Waals surface area contributed by atoms with Crippen molar-refractivity contribution >= 4 is 35.6 Å². The molecule has 3 N–H and O–H groups in total. The molecule has 37 heavy (non-hydrogen) atoms. The zero-order chi connectivity index (χ0) is 25.5. The summed E-state index contributed by atoms with van der Waals surface area (Å²) in [5.74, 6) is -0.0958. The molecule has 3 aromatic heterocycles. The number of piperidine rings is 1. The third kappa shape index (κ3) is 3.95. The maximum Gasteiger partial charge on any atom is 0.248 e. The molecule has 1 aromatic carbocycles. The van der Waals surface area contributed by atoms with Gasteiger partial charge in [-0.1, -0.05) is 12.1 Å². The molecule has 6 rings (SSSR count).